The number of hydrogen-bond donors (Lipinski definition) is 0. The number of fused-ring (bicyclic) bond motifs is 5. The predicted molar refractivity (Wildman–Crippen MR) is 108 cm³/mol. The van der Waals surface area contributed by atoms with Crippen molar-refractivity contribution < 1.29 is 23.9 Å². The van der Waals surface area contributed by atoms with Gasteiger partial charge in [0.1, 0.15) is 6.29 Å². The molecule has 0 amide bonds. The molecule has 4 aliphatic carbocycles. The van der Waals surface area contributed by atoms with E-state index in [9.17, 15) is 14.4 Å². The predicted octanol–water partition coefficient (Wildman–Crippen LogP) is 4.16. The van der Waals surface area contributed by atoms with Crippen molar-refractivity contribution in [2.24, 2.45) is 29.1 Å². The zero-order valence-electron chi connectivity index (χ0n) is 18.0. The van der Waals surface area contributed by atoms with E-state index in [1.165, 1.54) is 12.5 Å². The molecule has 0 unspecified atom stereocenters. The third-order valence-corrected chi connectivity index (χ3v) is 8.66. The first-order valence-corrected chi connectivity index (χ1v) is 10.9. The minimum absolute atomic E-state index is 0.0378. The Balaban J connectivity index is 1.73. The Labute approximate surface area is 172 Å². The second kappa shape index (κ2) is 7.10. The Morgan fingerprint density at radius 2 is 1.90 bits per heavy atom. The first-order valence-electron chi connectivity index (χ1n) is 10.9. The van der Waals surface area contributed by atoms with Crippen LogP contribution < -0.4 is 0 Å². The largest absolute Gasteiger partial charge is 0.501 e. The summed E-state index contributed by atoms with van der Waals surface area (Å²) in [7, 11) is 1.69. The molecule has 0 aromatic heterocycles. The molecule has 6 atom stereocenters. The standard InChI is InChI=1S/C24H32O5/c1-14(26)24(29-15(2)27)10-8-22-21-11-16(13-25)20-12-17(28-4)5-6-18(20)19(21)7-9-23(22,24)3/h12-13,18-19,21-22H,5-11H2,1-4H3/t18-,19-,21-,22+,23+,24+/m1/s1. The van der Waals surface area contributed by atoms with E-state index in [-0.39, 0.29) is 23.1 Å². The van der Waals surface area contributed by atoms with E-state index in [4.69, 9.17) is 9.47 Å². The van der Waals surface area contributed by atoms with Gasteiger partial charge in [0, 0.05) is 18.8 Å². The highest BCUT2D eigenvalue weighted by Crippen LogP contribution is 2.66. The summed E-state index contributed by atoms with van der Waals surface area (Å²) in [4.78, 5) is 36.7. The van der Waals surface area contributed by atoms with Crippen molar-refractivity contribution in [2.45, 2.75) is 71.3 Å². The van der Waals surface area contributed by atoms with Crippen LogP contribution in [0.25, 0.3) is 0 Å². The Hall–Kier alpha value is -1.91. The minimum atomic E-state index is -1.02. The average molecular weight is 401 g/mol. The van der Waals surface area contributed by atoms with Gasteiger partial charge in [-0.15, -0.1) is 0 Å². The molecule has 0 N–H and O–H groups in total. The van der Waals surface area contributed by atoms with Crippen LogP contribution >= 0.6 is 0 Å². The van der Waals surface area contributed by atoms with Crippen molar-refractivity contribution in [3.05, 3.63) is 23.0 Å². The summed E-state index contributed by atoms with van der Waals surface area (Å²) >= 11 is 0. The molecule has 4 aliphatic rings. The fraction of sp³-hybridized carbons (Fsp3) is 0.708. The van der Waals surface area contributed by atoms with Crippen LogP contribution in [0.4, 0.5) is 0 Å². The van der Waals surface area contributed by atoms with E-state index in [2.05, 4.69) is 13.0 Å². The van der Waals surface area contributed by atoms with Gasteiger partial charge >= 0.3 is 5.97 Å². The van der Waals surface area contributed by atoms with Crippen LogP contribution in [0.2, 0.25) is 0 Å². The summed E-state index contributed by atoms with van der Waals surface area (Å²) < 4.78 is 11.3. The van der Waals surface area contributed by atoms with Crippen LogP contribution in [0.5, 0.6) is 0 Å². The van der Waals surface area contributed by atoms with Gasteiger partial charge in [-0.2, -0.15) is 0 Å². The van der Waals surface area contributed by atoms with Crippen molar-refractivity contribution in [1.82, 2.24) is 0 Å². The summed E-state index contributed by atoms with van der Waals surface area (Å²) in [5, 5.41) is 0. The molecule has 2 fully saturated rings. The lowest BCUT2D eigenvalue weighted by Gasteiger charge is -2.55. The van der Waals surface area contributed by atoms with E-state index < -0.39 is 5.60 Å². The van der Waals surface area contributed by atoms with E-state index >= 15 is 0 Å². The highest BCUT2D eigenvalue weighted by molar-refractivity contribution is 5.89. The van der Waals surface area contributed by atoms with Crippen molar-refractivity contribution in [3.63, 3.8) is 0 Å². The molecule has 0 radical (unpaired) electrons. The third-order valence-electron chi connectivity index (χ3n) is 8.66. The topological polar surface area (TPSA) is 69.7 Å². The number of hydrogen-bond acceptors (Lipinski definition) is 5. The van der Waals surface area contributed by atoms with Gasteiger partial charge in [0.15, 0.2) is 11.4 Å². The maximum atomic E-state index is 12.8. The van der Waals surface area contributed by atoms with E-state index in [1.54, 1.807) is 14.0 Å². The Morgan fingerprint density at radius 1 is 1.14 bits per heavy atom. The van der Waals surface area contributed by atoms with Gasteiger partial charge in [-0.05, 0) is 86.3 Å². The number of methoxy groups -OCH3 is 1. The summed E-state index contributed by atoms with van der Waals surface area (Å²) in [5.41, 5.74) is 0.681. The molecule has 0 spiro atoms. The number of esters is 1. The van der Waals surface area contributed by atoms with E-state index in [0.717, 1.165) is 56.1 Å². The summed E-state index contributed by atoms with van der Waals surface area (Å²) in [6.45, 7) is 5.11. The maximum Gasteiger partial charge on any atom is 0.303 e. The van der Waals surface area contributed by atoms with Gasteiger partial charge in [-0.25, -0.2) is 0 Å². The SMILES string of the molecule is COC1=CC2=C(C=O)C[C@@H]3[C@H](CC[C@@]4(C)[C@H]3CC[C@]4(OC(C)=O)C(C)=O)[C@H]2CC1. The monoisotopic (exact) mass is 400 g/mol. The van der Waals surface area contributed by atoms with Crippen LogP contribution in [0, 0.1) is 29.1 Å². The number of carbonyl (C=O) groups is 3. The van der Waals surface area contributed by atoms with Crippen molar-refractivity contribution in [1.29, 1.82) is 0 Å². The zero-order chi connectivity index (χ0) is 21.0. The smallest absolute Gasteiger partial charge is 0.303 e. The lowest BCUT2D eigenvalue weighted by Crippen LogP contribution is -2.57. The Morgan fingerprint density at radius 3 is 2.52 bits per heavy atom. The molecule has 0 aliphatic heterocycles. The van der Waals surface area contributed by atoms with E-state index in [1.807, 2.05) is 0 Å². The molecular formula is C24H32O5. The molecule has 0 aromatic carbocycles. The third kappa shape index (κ3) is 2.83. The molecule has 0 bridgehead atoms. The van der Waals surface area contributed by atoms with Gasteiger partial charge in [-0.1, -0.05) is 6.92 Å². The Kier molecular flexibility index (Phi) is 4.99. The van der Waals surface area contributed by atoms with Crippen LogP contribution in [0.1, 0.15) is 65.7 Å². The first kappa shape index (κ1) is 20.4. The minimum Gasteiger partial charge on any atom is -0.501 e. The molecule has 5 nitrogen and oxygen atoms in total. The summed E-state index contributed by atoms with van der Waals surface area (Å²) in [5.74, 6) is 2.09. The second-order valence-electron chi connectivity index (χ2n) is 9.67. The number of ether oxygens (including phenoxy) is 2. The number of allylic oxidation sites excluding steroid dienone is 4. The van der Waals surface area contributed by atoms with Crippen LogP contribution in [0.3, 0.4) is 0 Å². The lowest BCUT2D eigenvalue weighted by molar-refractivity contribution is -0.185. The summed E-state index contributed by atoms with van der Waals surface area (Å²) in [6.07, 6.45) is 9.15. The highest BCUT2D eigenvalue weighted by atomic mass is 16.6. The number of Topliss-reactive ketones (excluding diaryl/α,β-unsaturated/α-hetero) is 1. The fourth-order valence-corrected chi connectivity index (χ4v) is 7.40. The van der Waals surface area contributed by atoms with Crippen molar-refractivity contribution in [2.75, 3.05) is 7.11 Å². The summed E-state index contributed by atoms with van der Waals surface area (Å²) in [6, 6.07) is 0. The molecule has 4 rings (SSSR count). The van der Waals surface area contributed by atoms with Gasteiger partial charge in [-0.3, -0.25) is 14.4 Å². The van der Waals surface area contributed by atoms with Crippen molar-refractivity contribution >= 4 is 18.0 Å². The average Bonchev–Trinajstić information content (AvgIpc) is 2.99. The lowest BCUT2D eigenvalue weighted by atomic mass is 9.50. The van der Waals surface area contributed by atoms with Gasteiger partial charge in [0.25, 0.3) is 0 Å². The molecule has 0 saturated heterocycles. The van der Waals surface area contributed by atoms with Gasteiger partial charge in [0.05, 0.1) is 12.9 Å². The van der Waals surface area contributed by atoms with E-state index in [0.29, 0.717) is 24.2 Å². The number of rotatable bonds is 4. The molecule has 5 heteroatoms. The highest BCUT2D eigenvalue weighted by Gasteiger charge is 2.66. The first-order chi connectivity index (χ1) is 13.8. The molecule has 0 heterocycles. The number of aldehydes is 1. The van der Waals surface area contributed by atoms with Crippen LogP contribution in [-0.2, 0) is 23.9 Å². The van der Waals surface area contributed by atoms with Crippen LogP contribution in [0.15, 0.2) is 23.0 Å². The quantitative estimate of drug-likeness (QED) is 0.523. The van der Waals surface area contributed by atoms with Gasteiger partial charge in [0.2, 0.25) is 0 Å². The van der Waals surface area contributed by atoms with Crippen molar-refractivity contribution in [3.8, 4) is 0 Å². The number of ketones is 1. The normalized spacial score (nSPS) is 40.9. The molecule has 2 saturated carbocycles. The maximum absolute atomic E-state index is 12.8. The molecule has 29 heavy (non-hydrogen) atoms. The molecule has 0 aromatic rings. The number of carbonyl (C=O) groups excluding carboxylic acids is 3. The fourth-order valence-electron chi connectivity index (χ4n) is 7.40. The second-order valence-corrected chi connectivity index (χ2v) is 9.67. The Bertz CT molecular complexity index is 808. The van der Waals surface area contributed by atoms with Gasteiger partial charge < -0.3 is 9.47 Å². The molecule has 158 valence electrons. The molecular weight excluding hydrogens is 368 g/mol. The van der Waals surface area contributed by atoms with Crippen LogP contribution in [-0.4, -0.2) is 30.7 Å². The zero-order valence-corrected chi connectivity index (χ0v) is 18.0.